The summed E-state index contributed by atoms with van der Waals surface area (Å²) in [5, 5.41) is 7.11. The standard InChI is InChI=1S/C17H16N2O4S2/c1-2-25(21,22)8-7-16(20)18-10-17-19-13(11-24-17)15-9-12-5-3-4-6-14(12)23-15/h2-6,9,11H,1,7-8,10H2,(H,18,20). The van der Waals surface area contributed by atoms with Crippen molar-refractivity contribution in [2.75, 3.05) is 5.75 Å². The van der Waals surface area contributed by atoms with Gasteiger partial charge in [0.1, 0.15) is 16.3 Å². The van der Waals surface area contributed by atoms with Crippen LogP contribution in [0.25, 0.3) is 22.4 Å². The number of hydrogen-bond acceptors (Lipinski definition) is 6. The Balaban J connectivity index is 1.60. The summed E-state index contributed by atoms with van der Waals surface area (Å²) < 4.78 is 28.3. The van der Waals surface area contributed by atoms with Crippen LogP contribution in [-0.4, -0.2) is 25.1 Å². The first kappa shape index (κ1) is 17.4. The molecule has 130 valence electrons. The largest absolute Gasteiger partial charge is 0.454 e. The molecular formula is C17H16N2O4S2. The average molecular weight is 376 g/mol. The predicted molar refractivity (Wildman–Crippen MR) is 97.8 cm³/mol. The first-order valence-electron chi connectivity index (χ1n) is 7.52. The molecule has 0 atom stereocenters. The summed E-state index contributed by atoms with van der Waals surface area (Å²) >= 11 is 1.40. The van der Waals surface area contributed by atoms with Gasteiger partial charge in [0.05, 0.1) is 12.3 Å². The second kappa shape index (κ2) is 7.20. The number of aromatic nitrogens is 1. The number of fused-ring (bicyclic) bond motifs is 1. The van der Waals surface area contributed by atoms with Crippen LogP contribution < -0.4 is 5.32 Å². The Morgan fingerprint density at radius 2 is 2.16 bits per heavy atom. The zero-order valence-electron chi connectivity index (χ0n) is 13.3. The zero-order valence-corrected chi connectivity index (χ0v) is 14.9. The predicted octanol–water partition coefficient (Wildman–Crippen LogP) is 3.12. The van der Waals surface area contributed by atoms with Crippen molar-refractivity contribution in [1.29, 1.82) is 0 Å². The Labute approximate surface area is 149 Å². The Morgan fingerprint density at radius 3 is 2.92 bits per heavy atom. The van der Waals surface area contributed by atoms with E-state index in [-0.39, 0.29) is 24.6 Å². The number of thiazole rings is 1. The Bertz CT molecular complexity index is 985. The number of rotatable bonds is 7. The van der Waals surface area contributed by atoms with Crippen LogP contribution in [0.15, 0.2) is 52.1 Å². The van der Waals surface area contributed by atoms with Gasteiger partial charge in [0, 0.05) is 22.6 Å². The van der Waals surface area contributed by atoms with Crippen molar-refractivity contribution in [3.63, 3.8) is 0 Å². The lowest BCUT2D eigenvalue weighted by Gasteiger charge is -2.02. The van der Waals surface area contributed by atoms with Gasteiger partial charge in [-0.1, -0.05) is 24.8 Å². The molecule has 8 heteroatoms. The monoisotopic (exact) mass is 376 g/mol. The molecule has 25 heavy (non-hydrogen) atoms. The van der Waals surface area contributed by atoms with Gasteiger partial charge in [-0.25, -0.2) is 13.4 Å². The van der Waals surface area contributed by atoms with Crippen molar-refractivity contribution in [3.8, 4) is 11.5 Å². The second-order valence-corrected chi connectivity index (χ2v) is 8.35. The molecule has 0 aliphatic carbocycles. The SMILES string of the molecule is C=CS(=O)(=O)CCC(=O)NCc1nc(-c2cc3ccccc3o2)cs1. The van der Waals surface area contributed by atoms with Crippen molar-refractivity contribution < 1.29 is 17.6 Å². The van der Waals surface area contributed by atoms with E-state index in [1.807, 2.05) is 35.7 Å². The fraction of sp³-hybridized carbons (Fsp3) is 0.176. The van der Waals surface area contributed by atoms with E-state index in [2.05, 4.69) is 16.9 Å². The maximum atomic E-state index is 11.7. The molecule has 0 bridgehead atoms. The van der Waals surface area contributed by atoms with Crippen molar-refractivity contribution in [2.24, 2.45) is 0 Å². The third-order valence-electron chi connectivity index (χ3n) is 3.53. The molecule has 1 aromatic carbocycles. The van der Waals surface area contributed by atoms with E-state index in [0.29, 0.717) is 11.5 Å². The van der Waals surface area contributed by atoms with Crippen LogP contribution in [0, 0.1) is 0 Å². The quantitative estimate of drug-likeness (QED) is 0.684. The lowest BCUT2D eigenvalue weighted by Crippen LogP contribution is -2.24. The van der Waals surface area contributed by atoms with Crippen LogP contribution in [0.3, 0.4) is 0 Å². The number of hydrogen-bond donors (Lipinski definition) is 1. The number of furan rings is 1. The van der Waals surface area contributed by atoms with Crippen LogP contribution in [0.4, 0.5) is 0 Å². The maximum Gasteiger partial charge on any atom is 0.221 e. The van der Waals surface area contributed by atoms with Gasteiger partial charge in [0.2, 0.25) is 5.91 Å². The molecule has 0 saturated heterocycles. The molecule has 1 N–H and O–H groups in total. The van der Waals surface area contributed by atoms with E-state index in [1.54, 1.807) is 0 Å². The fourth-order valence-corrected chi connectivity index (χ4v) is 3.55. The lowest BCUT2D eigenvalue weighted by atomic mass is 10.2. The minimum absolute atomic E-state index is 0.101. The van der Waals surface area contributed by atoms with E-state index in [4.69, 9.17) is 4.42 Å². The number of amides is 1. The van der Waals surface area contributed by atoms with E-state index >= 15 is 0 Å². The van der Waals surface area contributed by atoms with Gasteiger partial charge in [-0.05, 0) is 12.1 Å². The highest BCUT2D eigenvalue weighted by Crippen LogP contribution is 2.28. The molecule has 0 radical (unpaired) electrons. The van der Waals surface area contributed by atoms with Crippen molar-refractivity contribution in [3.05, 3.63) is 52.7 Å². The molecule has 2 aromatic heterocycles. The van der Waals surface area contributed by atoms with E-state index in [1.165, 1.54) is 11.3 Å². The molecule has 3 rings (SSSR count). The zero-order chi connectivity index (χ0) is 17.9. The number of carbonyl (C=O) groups excluding carboxylic acids is 1. The molecule has 3 aromatic rings. The van der Waals surface area contributed by atoms with E-state index < -0.39 is 9.84 Å². The minimum atomic E-state index is -3.36. The third-order valence-corrected chi connectivity index (χ3v) is 5.66. The molecule has 0 aliphatic heterocycles. The number of sulfone groups is 1. The number of nitrogens with zero attached hydrogens (tertiary/aromatic N) is 1. The second-order valence-electron chi connectivity index (χ2n) is 5.34. The number of benzene rings is 1. The molecule has 2 heterocycles. The normalized spacial score (nSPS) is 11.5. The van der Waals surface area contributed by atoms with Crippen LogP contribution in [0.1, 0.15) is 11.4 Å². The van der Waals surface area contributed by atoms with E-state index in [9.17, 15) is 13.2 Å². The highest BCUT2D eigenvalue weighted by molar-refractivity contribution is 7.94. The molecule has 0 aliphatic rings. The van der Waals surface area contributed by atoms with Gasteiger partial charge in [0.25, 0.3) is 0 Å². The molecular weight excluding hydrogens is 360 g/mol. The van der Waals surface area contributed by atoms with Gasteiger partial charge in [0.15, 0.2) is 15.6 Å². The topological polar surface area (TPSA) is 89.3 Å². The van der Waals surface area contributed by atoms with Crippen molar-refractivity contribution >= 4 is 38.1 Å². The van der Waals surface area contributed by atoms with Crippen LogP contribution in [0.2, 0.25) is 0 Å². The van der Waals surface area contributed by atoms with Gasteiger partial charge < -0.3 is 9.73 Å². The van der Waals surface area contributed by atoms with E-state index in [0.717, 1.165) is 21.4 Å². The first-order chi connectivity index (χ1) is 12.0. The van der Waals surface area contributed by atoms with Crippen molar-refractivity contribution in [1.82, 2.24) is 10.3 Å². The molecule has 1 amide bonds. The molecule has 0 saturated carbocycles. The highest BCUT2D eigenvalue weighted by Gasteiger charge is 2.12. The fourth-order valence-electron chi connectivity index (χ4n) is 2.19. The number of carbonyl (C=O) groups is 1. The van der Waals surface area contributed by atoms with Crippen LogP contribution in [0.5, 0.6) is 0 Å². The smallest absolute Gasteiger partial charge is 0.221 e. The summed E-state index contributed by atoms with van der Waals surface area (Å²) in [6, 6.07) is 9.63. The Hall–Kier alpha value is -2.45. The molecule has 0 fully saturated rings. The Morgan fingerprint density at radius 1 is 1.36 bits per heavy atom. The molecule has 0 unspecified atom stereocenters. The average Bonchev–Trinajstić information content (AvgIpc) is 3.24. The summed E-state index contributed by atoms with van der Waals surface area (Å²) in [6.07, 6.45) is -0.101. The summed E-state index contributed by atoms with van der Waals surface area (Å²) in [5.74, 6) is 0.0859. The van der Waals surface area contributed by atoms with Gasteiger partial charge in [-0.3, -0.25) is 4.79 Å². The van der Waals surface area contributed by atoms with Gasteiger partial charge >= 0.3 is 0 Å². The minimum Gasteiger partial charge on any atom is -0.454 e. The first-order valence-corrected chi connectivity index (χ1v) is 10.1. The molecule has 0 spiro atoms. The summed E-state index contributed by atoms with van der Waals surface area (Å²) in [7, 11) is -3.36. The summed E-state index contributed by atoms with van der Waals surface area (Å²) in [5.41, 5.74) is 1.50. The summed E-state index contributed by atoms with van der Waals surface area (Å²) in [6.45, 7) is 3.46. The van der Waals surface area contributed by atoms with Crippen molar-refractivity contribution in [2.45, 2.75) is 13.0 Å². The summed E-state index contributed by atoms with van der Waals surface area (Å²) in [4.78, 5) is 16.2. The van der Waals surface area contributed by atoms with Gasteiger partial charge in [-0.15, -0.1) is 11.3 Å². The Kier molecular flexibility index (Phi) is 5.00. The number of nitrogens with one attached hydrogen (secondary N) is 1. The lowest BCUT2D eigenvalue weighted by molar-refractivity contribution is -0.120. The number of para-hydroxylation sites is 1. The highest BCUT2D eigenvalue weighted by atomic mass is 32.2. The van der Waals surface area contributed by atoms with Crippen LogP contribution >= 0.6 is 11.3 Å². The van der Waals surface area contributed by atoms with Gasteiger partial charge in [-0.2, -0.15) is 0 Å². The van der Waals surface area contributed by atoms with Crippen LogP contribution in [-0.2, 0) is 21.2 Å². The third kappa shape index (κ3) is 4.34. The maximum absolute atomic E-state index is 11.7. The molecule has 6 nitrogen and oxygen atoms in total.